The first-order chi connectivity index (χ1) is 9.04. The highest BCUT2D eigenvalue weighted by molar-refractivity contribution is 4.93. The van der Waals surface area contributed by atoms with Gasteiger partial charge in [0.05, 0.1) is 6.54 Å². The Morgan fingerprint density at radius 1 is 1.58 bits per heavy atom. The second kappa shape index (κ2) is 6.06. The van der Waals surface area contributed by atoms with Crippen LogP contribution in [0.2, 0.25) is 0 Å². The number of imidazole rings is 1. The predicted molar refractivity (Wildman–Crippen MR) is 76.7 cm³/mol. The molecule has 0 aromatic carbocycles. The molecule has 1 fully saturated rings. The van der Waals surface area contributed by atoms with E-state index in [4.69, 9.17) is 0 Å². The van der Waals surface area contributed by atoms with Gasteiger partial charge in [-0.05, 0) is 25.8 Å². The Labute approximate surface area is 116 Å². The van der Waals surface area contributed by atoms with Gasteiger partial charge in [-0.2, -0.15) is 0 Å². The fourth-order valence-corrected chi connectivity index (χ4v) is 3.52. The molecule has 1 aromatic rings. The Balaban J connectivity index is 1.96. The summed E-state index contributed by atoms with van der Waals surface area (Å²) >= 11 is 0. The van der Waals surface area contributed by atoms with Gasteiger partial charge >= 0.3 is 0 Å². The van der Waals surface area contributed by atoms with Crippen LogP contribution in [0.15, 0.2) is 12.4 Å². The molecule has 19 heavy (non-hydrogen) atoms. The Morgan fingerprint density at radius 3 is 2.95 bits per heavy atom. The summed E-state index contributed by atoms with van der Waals surface area (Å²) in [6.45, 7) is 4.42. The van der Waals surface area contributed by atoms with Gasteiger partial charge in [-0.15, -0.1) is 0 Å². The minimum Gasteiger partial charge on any atom is -0.396 e. The SMILES string of the molecule is CC1CCCC(CO)(CN(C)Cc2nccn2C)C1. The average Bonchev–Trinajstić information content (AvgIpc) is 2.75. The molecule has 0 amide bonds. The van der Waals surface area contributed by atoms with E-state index in [2.05, 4.69) is 28.4 Å². The molecule has 2 rings (SSSR count). The lowest BCUT2D eigenvalue weighted by atomic mass is 9.70. The standard InChI is InChI=1S/C15H27N3O/c1-13-5-4-6-15(9-13,12-19)11-17(2)10-14-16-7-8-18(14)3/h7-8,13,19H,4-6,9-12H2,1-3H3. The van der Waals surface area contributed by atoms with Crippen LogP contribution >= 0.6 is 0 Å². The van der Waals surface area contributed by atoms with E-state index in [0.717, 1.165) is 37.7 Å². The van der Waals surface area contributed by atoms with Crippen molar-refractivity contribution < 1.29 is 5.11 Å². The van der Waals surface area contributed by atoms with Crippen molar-refractivity contribution in [2.24, 2.45) is 18.4 Å². The van der Waals surface area contributed by atoms with E-state index < -0.39 is 0 Å². The molecule has 1 heterocycles. The Kier molecular flexibility index (Phi) is 4.63. The van der Waals surface area contributed by atoms with E-state index in [-0.39, 0.29) is 5.41 Å². The van der Waals surface area contributed by atoms with E-state index >= 15 is 0 Å². The van der Waals surface area contributed by atoms with Crippen LogP contribution in [0.5, 0.6) is 0 Å². The first kappa shape index (κ1) is 14.5. The fraction of sp³-hybridized carbons (Fsp3) is 0.800. The normalized spacial score (nSPS) is 27.9. The summed E-state index contributed by atoms with van der Waals surface area (Å²) in [5, 5.41) is 9.84. The van der Waals surface area contributed by atoms with Crippen molar-refractivity contribution in [3.63, 3.8) is 0 Å². The molecule has 2 unspecified atom stereocenters. The zero-order chi connectivity index (χ0) is 13.9. The molecule has 4 heteroatoms. The van der Waals surface area contributed by atoms with Crippen LogP contribution in [0, 0.1) is 11.3 Å². The maximum Gasteiger partial charge on any atom is 0.122 e. The van der Waals surface area contributed by atoms with Gasteiger partial charge in [0.25, 0.3) is 0 Å². The summed E-state index contributed by atoms with van der Waals surface area (Å²) in [7, 11) is 4.16. The largest absolute Gasteiger partial charge is 0.396 e. The number of aryl methyl sites for hydroxylation is 1. The molecule has 1 saturated carbocycles. The molecular formula is C15H27N3O. The monoisotopic (exact) mass is 265 g/mol. The fourth-order valence-electron chi connectivity index (χ4n) is 3.52. The highest BCUT2D eigenvalue weighted by Gasteiger charge is 2.35. The maximum atomic E-state index is 9.84. The van der Waals surface area contributed by atoms with E-state index in [1.807, 2.05) is 19.4 Å². The molecule has 1 aliphatic rings. The van der Waals surface area contributed by atoms with Crippen molar-refractivity contribution >= 4 is 0 Å². The van der Waals surface area contributed by atoms with Crippen LogP contribution < -0.4 is 0 Å². The molecule has 0 radical (unpaired) electrons. The van der Waals surface area contributed by atoms with Crippen molar-refractivity contribution in [3.05, 3.63) is 18.2 Å². The third kappa shape index (κ3) is 3.57. The van der Waals surface area contributed by atoms with Crippen LogP contribution in [0.25, 0.3) is 0 Å². The quantitative estimate of drug-likeness (QED) is 0.886. The van der Waals surface area contributed by atoms with Gasteiger partial charge in [-0.1, -0.05) is 19.8 Å². The number of nitrogens with zero attached hydrogens (tertiary/aromatic N) is 3. The summed E-state index contributed by atoms with van der Waals surface area (Å²) < 4.78 is 2.06. The molecule has 0 bridgehead atoms. The summed E-state index contributed by atoms with van der Waals surface area (Å²) in [4.78, 5) is 6.67. The lowest BCUT2D eigenvalue weighted by Crippen LogP contribution is -2.41. The third-order valence-electron chi connectivity index (χ3n) is 4.46. The predicted octanol–water partition coefficient (Wildman–Crippen LogP) is 2.04. The lowest BCUT2D eigenvalue weighted by Gasteiger charge is -2.41. The van der Waals surface area contributed by atoms with Crippen LogP contribution in [0.4, 0.5) is 0 Å². The summed E-state index contributed by atoms with van der Waals surface area (Å²) in [6, 6.07) is 0. The number of aliphatic hydroxyl groups is 1. The number of aromatic nitrogens is 2. The average molecular weight is 265 g/mol. The maximum absolute atomic E-state index is 9.84. The van der Waals surface area contributed by atoms with Crippen LogP contribution in [0.1, 0.15) is 38.4 Å². The number of rotatable bonds is 5. The van der Waals surface area contributed by atoms with Gasteiger partial charge in [-0.3, -0.25) is 4.90 Å². The van der Waals surface area contributed by atoms with Crippen molar-refractivity contribution in [3.8, 4) is 0 Å². The first-order valence-corrected chi connectivity index (χ1v) is 7.30. The van der Waals surface area contributed by atoms with E-state index in [0.29, 0.717) is 6.61 Å². The topological polar surface area (TPSA) is 41.3 Å². The van der Waals surface area contributed by atoms with Crippen LogP contribution in [-0.2, 0) is 13.6 Å². The molecule has 0 spiro atoms. The number of aliphatic hydroxyl groups excluding tert-OH is 1. The highest BCUT2D eigenvalue weighted by atomic mass is 16.3. The number of hydrogen-bond donors (Lipinski definition) is 1. The van der Waals surface area contributed by atoms with Crippen molar-refractivity contribution in [2.75, 3.05) is 20.2 Å². The molecule has 1 N–H and O–H groups in total. The molecule has 1 aliphatic carbocycles. The lowest BCUT2D eigenvalue weighted by molar-refractivity contribution is 0.0283. The Morgan fingerprint density at radius 2 is 2.37 bits per heavy atom. The van der Waals surface area contributed by atoms with Crippen molar-refractivity contribution in [1.29, 1.82) is 0 Å². The summed E-state index contributed by atoms with van der Waals surface area (Å²) in [6.07, 6.45) is 8.68. The van der Waals surface area contributed by atoms with Gasteiger partial charge < -0.3 is 9.67 Å². The van der Waals surface area contributed by atoms with Gasteiger partial charge in [0, 0.05) is 38.0 Å². The second-order valence-electron chi connectivity index (χ2n) is 6.49. The van der Waals surface area contributed by atoms with E-state index in [1.165, 1.54) is 12.8 Å². The molecule has 2 atom stereocenters. The van der Waals surface area contributed by atoms with Crippen molar-refractivity contribution in [2.45, 2.75) is 39.2 Å². The van der Waals surface area contributed by atoms with Gasteiger partial charge in [0.15, 0.2) is 0 Å². The molecule has 108 valence electrons. The van der Waals surface area contributed by atoms with Gasteiger partial charge in [0.2, 0.25) is 0 Å². The van der Waals surface area contributed by atoms with Crippen LogP contribution in [-0.4, -0.2) is 39.8 Å². The van der Waals surface area contributed by atoms with Gasteiger partial charge in [-0.25, -0.2) is 4.98 Å². The zero-order valence-electron chi connectivity index (χ0n) is 12.5. The van der Waals surface area contributed by atoms with E-state index in [9.17, 15) is 5.11 Å². The zero-order valence-corrected chi connectivity index (χ0v) is 12.5. The summed E-state index contributed by atoms with van der Waals surface area (Å²) in [5.74, 6) is 1.82. The van der Waals surface area contributed by atoms with Crippen molar-refractivity contribution in [1.82, 2.24) is 14.5 Å². The van der Waals surface area contributed by atoms with Gasteiger partial charge in [0.1, 0.15) is 5.82 Å². The molecular weight excluding hydrogens is 238 g/mol. The molecule has 4 nitrogen and oxygen atoms in total. The Bertz CT molecular complexity index is 404. The second-order valence-corrected chi connectivity index (χ2v) is 6.49. The summed E-state index contributed by atoms with van der Waals surface area (Å²) in [5.41, 5.74) is 0.0948. The molecule has 1 aromatic heterocycles. The Hall–Kier alpha value is -0.870. The number of hydrogen-bond acceptors (Lipinski definition) is 3. The van der Waals surface area contributed by atoms with E-state index in [1.54, 1.807) is 0 Å². The van der Waals surface area contributed by atoms with Crippen LogP contribution in [0.3, 0.4) is 0 Å². The molecule has 0 saturated heterocycles. The highest BCUT2D eigenvalue weighted by Crippen LogP contribution is 2.39. The molecule has 0 aliphatic heterocycles. The minimum atomic E-state index is 0.0948. The minimum absolute atomic E-state index is 0.0948. The third-order valence-corrected chi connectivity index (χ3v) is 4.46. The first-order valence-electron chi connectivity index (χ1n) is 7.30. The smallest absolute Gasteiger partial charge is 0.122 e.